The van der Waals surface area contributed by atoms with Crippen LogP contribution < -0.4 is 4.74 Å². The normalized spacial score (nSPS) is 12.8. The Morgan fingerprint density at radius 3 is 1.70 bits per heavy atom. The number of nitrogens with zero attached hydrogens (tertiary/aromatic N) is 2. The number of alkyl halides is 6. The second-order valence-electron chi connectivity index (χ2n) is 9.83. The summed E-state index contributed by atoms with van der Waals surface area (Å²) in [7, 11) is 0. The number of hydrogen-bond acceptors (Lipinski definition) is 4. The monoisotopic (exact) mass is 602 g/mol. The fraction of sp³-hybridized carbons (Fsp3) is 0.250. The van der Waals surface area contributed by atoms with E-state index in [9.17, 15) is 36.5 Å². The van der Waals surface area contributed by atoms with Crippen LogP contribution >= 0.6 is 0 Å². The molecule has 0 N–H and O–H groups in total. The van der Waals surface area contributed by atoms with Crippen molar-refractivity contribution in [2.45, 2.75) is 30.7 Å². The van der Waals surface area contributed by atoms with Crippen molar-refractivity contribution >= 4 is 5.69 Å². The van der Waals surface area contributed by atoms with Gasteiger partial charge in [-0.05, 0) is 29.2 Å². The molecule has 0 amide bonds. The SMILES string of the molecule is O=[N+]([O-])c1cccc(OCCCN(CC(c2ccccc2)c2ccccc2)C(c2ccccc2)C(F)(F)F)c1C(F)(F)F. The van der Waals surface area contributed by atoms with Crippen LogP contribution in [0, 0.1) is 10.1 Å². The zero-order chi connectivity index (χ0) is 31.0. The molecule has 0 aliphatic rings. The smallest absolute Gasteiger partial charge is 0.426 e. The summed E-state index contributed by atoms with van der Waals surface area (Å²) in [5.74, 6) is -1.21. The summed E-state index contributed by atoms with van der Waals surface area (Å²) >= 11 is 0. The molecule has 0 bridgehead atoms. The van der Waals surface area contributed by atoms with Gasteiger partial charge in [-0.1, -0.05) is 97.1 Å². The first-order valence-electron chi connectivity index (χ1n) is 13.4. The molecule has 0 heterocycles. The lowest BCUT2D eigenvalue weighted by atomic mass is 9.89. The predicted molar refractivity (Wildman–Crippen MR) is 150 cm³/mol. The minimum atomic E-state index is -5.07. The van der Waals surface area contributed by atoms with Crippen LogP contribution in [0.5, 0.6) is 5.75 Å². The lowest BCUT2D eigenvalue weighted by Crippen LogP contribution is -2.42. The van der Waals surface area contributed by atoms with Gasteiger partial charge in [-0.2, -0.15) is 26.3 Å². The lowest BCUT2D eigenvalue weighted by Gasteiger charge is -2.36. The summed E-state index contributed by atoms with van der Waals surface area (Å²) in [6.07, 6.45) is -9.84. The van der Waals surface area contributed by atoms with E-state index < -0.39 is 52.8 Å². The van der Waals surface area contributed by atoms with E-state index in [1.54, 1.807) is 30.3 Å². The highest BCUT2D eigenvalue weighted by molar-refractivity contribution is 5.51. The van der Waals surface area contributed by atoms with Crippen LogP contribution in [0.25, 0.3) is 0 Å². The maximum absolute atomic E-state index is 14.7. The standard InChI is InChI=1S/C32H28F6N2O3/c33-31(34,35)29-27(40(41)42)18-10-19-28(29)43-21-11-20-39(30(32(36,37)38)25-16-8-3-9-17-25)22-26(23-12-4-1-5-13-23)24-14-6-2-7-15-24/h1-10,12-19,26,30H,11,20-22H2. The van der Waals surface area contributed by atoms with E-state index in [1.807, 2.05) is 36.4 Å². The zero-order valence-corrected chi connectivity index (χ0v) is 22.8. The molecule has 226 valence electrons. The first-order chi connectivity index (χ1) is 20.5. The molecule has 4 aromatic carbocycles. The average molecular weight is 603 g/mol. The Labute approximate surface area is 244 Å². The van der Waals surface area contributed by atoms with Crippen LogP contribution in [0.4, 0.5) is 32.0 Å². The van der Waals surface area contributed by atoms with Crippen molar-refractivity contribution in [2.24, 2.45) is 0 Å². The van der Waals surface area contributed by atoms with Gasteiger partial charge in [0.25, 0.3) is 5.69 Å². The van der Waals surface area contributed by atoms with Crippen LogP contribution in [0.15, 0.2) is 109 Å². The van der Waals surface area contributed by atoms with E-state index >= 15 is 0 Å². The number of halogens is 6. The van der Waals surface area contributed by atoms with Gasteiger partial charge in [-0.25, -0.2) is 0 Å². The van der Waals surface area contributed by atoms with Crippen LogP contribution in [0.2, 0.25) is 0 Å². The van der Waals surface area contributed by atoms with Gasteiger partial charge in [-0.3, -0.25) is 15.0 Å². The van der Waals surface area contributed by atoms with Crippen molar-refractivity contribution in [2.75, 3.05) is 19.7 Å². The molecule has 0 radical (unpaired) electrons. The number of hydrogen-bond donors (Lipinski definition) is 0. The van der Waals surface area contributed by atoms with Crippen molar-refractivity contribution in [3.63, 3.8) is 0 Å². The van der Waals surface area contributed by atoms with Gasteiger partial charge in [0.2, 0.25) is 0 Å². The minimum Gasteiger partial charge on any atom is -0.493 e. The highest BCUT2D eigenvalue weighted by atomic mass is 19.4. The Morgan fingerprint density at radius 2 is 1.23 bits per heavy atom. The molecule has 0 fully saturated rings. The van der Waals surface area contributed by atoms with Gasteiger partial charge in [0.05, 0.1) is 11.5 Å². The number of nitro benzene ring substituents is 1. The summed E-state index contributed by atoms with van der Waals surface area (Å²) in [6.45, 7) is -0.648. The van der Waals surface area contributed by atoms with E-state index in [1.165, 1.54) is 29.2 Å². The fourth-order valence-electron chi connectivity index (χ4n) is 5.10. The Kier molecular flexibility index (Phi) is 10.1. The number of nitro groups is 1. The summed E-state index contributed by atoms with van der Waals surface area (Å²) in [5, 5.41) is 11.2. The van der Waals surface area contributed by atoms with Crippen molar-refractivity contribution in [1.82, 2.24) is 4.90 Å². The summed E-state index contributed by atoms with van der Waals surface area (Å²) in [4.78, 5) is 11.3. The molecule has 0 aliphatic heterocycles. The molecule has 5 nitrogen and oxygen atoms in total. The molecule has 4 rings (SSSR count). The Bertz CT molecular complexity index is 1430. The fourth-order valence-corrected chi connectivity index (χ4v) is 5.10. The van der Waals surface area contributed by atoms with Crippen LogP contribution in [0.1, 0.15) is 40.6 Å². The number of ether oxygens (including phenoxy) is 1. The first kappa shape index (κ1) is 31.6. The largest absolute Gasteiger partial charge is 0.493 e. The molecule has 0 spiro atoms. The molecule has 43 heavy (non-hydrogen) atoms. The van der Waals surface area contributed by atoms with Crippen molar-refractivity contribution < 1.29 is 36.0 Å². The molecule has 1 unspecified atom stereocenters. The maximum Gasteiger partial charge on any atom is 0.426 e. The molecular formula is C32H28F6N2O3. The minimum absolute atomic E-state index is 0.0221. The van der Waals surface area contributed by atoms with E-state index in [0.29, 0.717) is 0 Å². The van der Waals surface area contributed by atoms with E-state index in [0.717, 1.165) is 29.3 Å². The molecule has 0 aliphatic carbocycles. The lowest BCUT2D eigenvalue weighted by molar-refractivity contribution is -0.388. The number of rotatable bonds is 12. The van der Waals surface area contributed by atoms with Crippen molar-refractivity contribution in [1.29, 1.82) is 0 Å². The van der Waals surface area contributed by atoms with E-state index in [4.69, 9.17) is 4.74 Å². The predicted octanol–water partition coefficient (Wildman–Crippen LogP) is 8.82. The summed E-state index contributed by atoms with van der Waals surface area (Å²) in [6, 6.07) is 26.4. The summed E-state index contributed by atoms with van der Waals surface area (Å²) < 4.78 is 90.5. The molecular weight excluding hydrogens is 574 g/mol. The van der Waals surface area contributed by atoms with Gasteiger partial charge < -0.3 is 4.74 Å². The molecule has 11 heteroatoms. The Hall–Kier alpha value is -4.38. The van der Waals surface area contributed by atoms with E-state index in [-0.39, 0.29) is 25.1 Å². The second-order valence-corrected chi connectivity index (χ2v) is 9.83. The van der Waals surface area contributed by atoms with Gasteiger partial charge in [0.15, 0.2) is 5.56 Å². The van der Waals surface area contributed by atoms with Crippen LogP contribution in [0.3, 0.4) is 0 Å². The van der Waals surface area contributed by atoms with Crippen molar-refractivity contribution in [3.8, 4) is 5.75 Å². The highest BCUT2D eigenvalue weighted by Crippen LogP contribution is 2.43. The first-order valence-corrected chi connectivity index (χ1v) is 13.4. The third kappa shape index (κ3) is 8.13. The zero-order valence-electron chi connectivity index (χ0n) is 22.8. The quantitative estimate of drug-likeness (QED) is 0.0704. The second kappa shape index (κ2) is 13.7. The van der Waals surface area contributed by atoms with E-state index in [2.05, 4.69) is 0 Å². The maximum atomic E-state index is 14.7. The third-order valence-electron chi connectivity index (χ3n) is 6.94. The van der Waals surface area contributed by atoms with Crippen molar-refractivity contribution in [3.05, 3.63) is 142 Å². The van der Waals surface area contributed by atoms with Gasteiger partial charge in [0, 0.05) is 25.1 Å². The third-order valence-corrected chi connectivity index (χ3v) is 6.94. The average Bonchev–Trinajstić information content (AvgIpc) is 2.98. The number of benzene rings is 4. The molecule has 0 saturated carbocycles. The Morgan fingerprint density at radius 1 is 0.721 bits per heavy atom. The Balaban J connectivity index is 1.65. The van der Waals surface area contributed by atoms with Crippen LogP contribution in [-0.2, 0) is 6.18 Å². The van der Waals surface area contributed by atoms with Gasteiger partial charge in [-0.15, -0.1) is 0 Å². The summed E-state index contributed by atoms with van der Waals surface area (Å²) in [5.41, 5.74) is -1.08. The van der Waals surface area contributed by atoms with Gasteiger partial charge >= 0.3 is 12.4 Å². The van der Waals surface area contributed by atoms with Gasteiger partial charge in [0.1, 0.15) is 11.8 Å². The molecule has 0 aromatic heterocycles. The molecule has 4 aromatic rings. The highest BCUT2D eigenvalue weighted by Gasteiger charge is 2.45. The molecule has 1 atom stereocenters. The van der Waals surface area contributed by atoms with Crippen LogP contribution in [-0.4, -0.2) is 35.7 Å². The topological polar surface area (TPSA) is 55.6 Å². The molecule has 0 saturated heterocycles.